The highest BCUT2D eigenvalue weighted by atomic mass is 16.7. The first-order valence-electron chi connectivity index (χ1n) is 10.9. The van der Waals surface area contributed by atoms with E-state index in [2.05, 4.69) is 22.8 Å². The summed E-state index contributed by atoms with van der Waals surface area (Å²) in [7, 11) is 0. The molecule has 2 aromatic rings. The zero-order valence-corrected chi connectivity index (χ0v) is 17.0. The van der Waals surface area contributed by atoms with Crippen LogP contribution < -0.4 is 24.8 Å². The lowest BCUT2D eigenvalue weighted by Gasteiger charge is -2.31. The summed E-state index contributed by atoms with van der Waals surface area (Å²) in [6.07, 6.45) is 4.89. The fourth-order valence-electron chi connectivity index (χ4n) is 4.80. The molecule has 2 N–H and O–H groups in total. The van der Waals surface area contributed by atoms with Gasteiger partial charge in [-0.3, -0.25) is 4.79 Å². The first-order valence-corrected chi connectivity index (χ1v) is 10.9. The molecule has 2 aliphatic heterocycles. The third-order valence-electron chi connectivity index (χ3n) is 6.40. The second kappa shape index (κ2) is 8.56. The van der Waals surface area contributed by atoms with Crippen molar-refractivity contribution in [3.63, 3.8) is 0 Å². The lowest BCUT2D eigenvalue weighted by molar-refractivity contribution is -0.124. The topological polar surface area (TPSA) is 68.8 Å². The maximum Gasteiger partial charge on any atom is 0.237 e. The van der Waals surface area contributed by atoms with E-state index in [1.54, 1.807) is 0 Å². The Morgan fingerprint density at radius 1 is 0.967 bits per heavy atom. The van der Waals surface area contributed by atoms with E-state index in [9.17, 15) is 4.79 Å². The summed E-state index contributed by atoms with van der Waals surface area (Å²) in [5.41, 5.74) is 1.24. The van der Waals surface area contributed by atoms with Crippen molar-refractivity contribution < 1.29 is 19.0 Å². The summed E-state index contributed by atoms with van der Waals surface area (Å²) in [4.78, 5) is 12.9. The Labute approximate surface area is 176 Å². The van der Waals surface area contributed by atoms with Gasteiger partial charge in [0.2, 0.25) is 12.7 Å². The molecule has 1 amide bonds. The number of nitrogens with one attached hydrogen (secondary N) is 2. The maximum atomic E-state index is 12.9. The fraction of sp³-hybridized carbons (Fsp3) is 0.458. The molecule has 6 heteroatoms. The Bertz CT molecular complexity index is 880. The lowest BCUT2D eigenvalue weighted by Crippen LogP contribution is -2.48. The van der Waals surface area contributed by atoms with Crippen LogP contribution in [0.25, 0.3) is 0 Å². The normalized spacial score (nSPS) is 27.6. The Morgan fingerprint density at radius 3 is 2.60 bits per heavy atom. The predicted octanol–water partition coefficient (Wildman–Crippen LogP) is 3.37. The highest BCUT2D eigenvalue weighted by molar-refractivity contribution is 5.83. The molecule has 1 saturated carbocycles. The molecule has 0 spiro atoms. The number of ether oxygens (including phenoxy) is 3. The van der Waals surface area contributed by atoms with Crippen molar-refractivity contribution in [2.24, 2.45) is 0 Å². The number of fused-ring (bicyclic) bond motifs is 1. The van der Waals surface area contributed by atoms with Gasteiger partial charge in [-0.25, -0.2) is 0 Å². The standard InChI is InChI=1S/C24H28N2O4/c27-24(23-20(12-13-25-23)16-4-2-1-3-5-16)26-17-6-8-18(9-7-17)30-19-10-11-21-22(14-19)29-15-28-21/h1-5,10-11,14,17-18,20,23,25H,6-9,12-13,15H2,(H,26,27)/t17?,18?,20-,23+/m1/s1. The van der Waals surface area contributed by atoms with Gasteiger partial charge in [-0.15, -0.1) is 0 Å². The smallest absolute Gasteiger partial charge is 0.237 e. The summed E-state index contributed by atoms with van der Waals surface area (Å²) in [6, 6.07) is 16.1. The summed E-state index contributed by atoms with van der Waals surface area (Å²) < 4.78 is 16.9. The van der Waals surface area contributed by atoms with Crippen LogP contribution >= 0.6 is 0 Å². The summed E-state index contributed by atoms with van der Waals surface area (Å²) >= 11 is 0. The first-order chi connectivity index (χ1) is 14.8. The van der Waals surface area contributed by atoms with Crippen molar-refractivity contribution in [1.29, 1.82) is 0 Å². The highest BCUT2D eigenvalue weighted by Crippen LogP contribution is 2.36. The largest absolute Gasteiger partial charge is 0.490 e. The third-order valence-corrected chi connectivity index (χ3v) is 6.40. The molecule has 0 unspecified atom stereocenters. The van der Waals surface area contributed by atoms with E-state index in [0.29, 0.717) is 0 Å². The van der Waals surface area contributed by atoms with E-state index < -0.39 is 0 Å². The first kappa shape index (κ1) is 19.2. The average Bonchev–Trinajstić information content (AvgIpc) is 3.45. The maximum absolute atomic E-state index is 12.9. The predicted molar refractivity (Wildman–Crippen MR) is 113 cm³/mol. The van der Waals surface area contributed by atoms with Crippen molar-refractivity contribution in [1.82, 2.24) is 10.6 Å². The van der Waals surface area contributed by atoms with E-state index in [-0.39, 0.29) is 36.8 Å². The van der Waals surface area contributed by atoms with Crippen molar-refractivity contribution in [3.8, 4) is 17.2 Å². The number of carbonyl (C=O) groups excluding carboxylic acids is 1. The van der Waals surface area contributed by atoms with Crippen LogP contribution in [0.4, 0.5) is 0 Å². The Morgan fingerprint density at radius 2 is 1.77 bits per heavy atom. The number of hydrogen-bond donors (Lipinski definition) is 2. The lowest BCUT2D eigenvalue weighted by atomic mass is 9.90. The van der Waals surface area contributed by atoms with Crippen LogP contribution in [0.1, 0.15) is 43.6 Å². The molecule has 1 aliphatic carbocycles. The second-order valence-electron chi connectivity index (χ2n) is 8.35. The summed E-state index contributed by atoms with van der Waals surface area (Å²) in [5.74, 6) is 2.69. The molecule has 1 saturated heterocycles. The molecule has 0 radical (unpaired) electrons. The van der Waals surface area contributed by atoms with Gasteiger partial charge in [-0.2, -0.15) is 0 Å². The van der Waals surface area contributed by atoms with Crippen LogP contribution in [0, 0.1) is 0 Å². The zero-order valence-electron chi connectivity index (χ0n) is 17.0. The quantitative estimate of drug-likeness (QED) is 0.794. The van der Waals surface area contributed by atoms with E-state index in [0.717, 1.165) is 55.9 Å². The Kier molecular flexibility index (Phi) is 5.49. The van der Waals surface area contributed by atoms with Crippen LogP contribution in [0.2, 0.25) is 0 Å². The SMILES string of the molecule is O=C(NC1CCC(Oc2ccc3c(c2)OCO3)CC1)[C@H]1NCC[C@@H]1c1ccccc1. The third kappa shape index (κ3) is 4.10. The number of benzene rings is 2. The second-order valence-corrected chi connectivity index (χ2v) is 8.35. The van der Waals surface area contributed by atoms with Gasteiger partial charge in [0, 0.05) is 18.0 Å². The number of hydrogen-bond acceptors (Lipinski definition) is 5. The van der Waals surface area contributed by atoms with Gasteiger partial charge in [0.15, 0.2) is 11.5 Å². The summed E-state index contributed by atoms with van der Waals surface area (Å²) in [6.45, 7) is 1.15. The van der Waals surface area contributed by atoms with Gasteiger partial charge in [0.05, 0.1) is 12.1 Å². The minimum Gasteiger partial charge on any atom is -0.490 e. The van der Waals surface area contributed by atoms with Crippen LogP contribution in [0.5, 0.6) is 17.2 Å². The Balaban J connectivity index is 1.12. The van der Waals surface area contributed by atoms with Gasteiger partial charge >= 0.3 is 0 Å². The average molecular weight is 408 g/mol. The molecule has 30 heavy (non-hydrogen) atoms. The molecule has 2 fully saturated rings. The highest BCUT2D eigenvalue weighted by Gasteiger charge is 2.35. The van der Waals surface area contributed by atoms with Crippen molar-refractivity contribution in [3.05, 3.63) is 54.1 Å². The number of amides is 1. The molecule has 2 atom stereocenters. The summed E-state index contributed by atoms with van der Waals surface area (Å²) in [5, 5.41) is 6.68. The molecule has 3 aliphatic rings. The van der Waals surface area contributed by atoms with Crippen molar-refractivity contribution in [2.75, 3.05) is 13.3 Å². The Hall–Kier alpha value is -2.73. The fourth-order valence-corrected chi connectivity index (χ4v) is 4.80. The van der Waals surface area contributed by atoms with E-state index >= 15 is 0 Å². The molecule has 2 aromatic carbocycles. The minimum absolute atomic E-state index is 0.126. The van der Waals surface area contributed by atoms with E-state index in [1.807, 2.05) is 36.4 Å². The van der Waals surface area contributed by atoms with Crippen molar-refractivity contribution in [2.45, 2.75) is 56.2 Å². The van der Waals surface area contributed by atoms with Crippen LogP contribution in [-0.2, 0) is 4.79 Å². The molecular formula is C24H28N2O4. The van der Waals surface area contributed by atoms with Crippen molar-refractivity contribution >= 4 is 5.91 Å². The van der Waals surface area contributed by atoms with E-state index in [1.165, 1.54) is 5.56 Å². The number of carbonyl (C=O) groups is 1. The van der Waals surface area contributed by atoms with Gasteiger partial charge in [-0.05, 0) is 56.3 Å². The van der Waals surface area contributed by atoms with Crippen LogP contribution in [0.3, 0.4) is 0 Å². The molecular weight excluding hydrogens is 380 g/mol. The van der Waals surface area contributed by atoms with Gasteiger partial charge in [-0.1, -0.05) is 30.3 Å². The molecule has 0 bridgehead atoms. The van der Waals surface area contributed by atoms with E-state index in [4.69, 9.17) is 14.2 Å². The molecule has 6 nitrogen and oxygen atoms in total. The molecule has 2 heterocycles. The zero-order chi connectivity index (χ0) is 20.3. The molecule has 0 aromatic heterocycles. The van der Waals surface area contributed by atoms with Gasteiger partial charge < -0.3 is 24.8 Å². The minimum atomic E-state index is -0.144. The van der Waals surface area contributed by atoms with Gasteiger partial charge in [0.25, 0.3) is 0 Å². The monoisotopic (exact) mass is 408 g/mol. The van der Waals surface area contributed by atoms with Crippen LogP contribution in [0.15, 0.2) is 48.5 Å². The molecule has 5 rings (SSSR count). The van der Waals surface area contributed by atoms with Crippen LogP contribution in [-0.4, -0.2) is 37.4 Å². The van der Waals surface area contributed by atoms with Gasteiger partial charge in [0.1, 0.15) is 5.75 Å². The number of rotatable bonds is 5. The molecule has 158 valence electrons.